The van der Waals surface area contributed by atoms with Crippen molar-refractivity contribution in [1.82, 2.24) is 4.98 Å². The van der Waals surface area contributed by atoms with Crippen LogP contribution in [0.4, 0.5) is 21.5 Å². The fraction of sp³-hybridized carbons (Fsp3) is 0.143. The second kappa shape index (κ2) is 7.78. The molecule has 0 aliphatic heterocycles. The van der Waals surface area contributed by atoms with Crippen molar-refractivity contribution >= 4 is 23.0 Å². The molecule has 26 heavy (non-hydrogen) atoms. The average molecular weight is 349 g/mol. The Morgan fingerprint density at radius 3 is 2.42 bits per heavy atom. The Morgan fingerprint density at radius 1 is 1.08 bits per heavy atom. The maximum Gasteiger partial charge on any atom is 0.276 e. The number of halogens is 1. The maximum atomic E-state index is 13.0. The second-order valence-corrected chi connectivity index (χ2v) is 5.95. The highest BCUT2D eigenvalue weighted by Gasteiger charge is 2.17. The predicted octanol–water partition coefficient (Wildman–Crippen LogP) is 4.94. The van der Waals surface area contributed by atoms with Gasteiger partial charge in [-0.2, -0.15) is 0 Å². The Hall–Kier alpha value is -3.21. The Bertz CT molecular complexity index is 892. The van der Waals surface area contributed by atoms with Gasteiger partial charge in [0.25, 0.3) is 5.91 Å². The molecule has 0 atom stereocenters. The van der Waals surface area contributed by atoms with Crippen LogP contribution in [-0.2, 0) is 0 Å². The lowest BCUT2D eigenvalue weighted by Gasteiger charge is -2.21. The van der Waals surface area contributed by atoms with Crippen LogP contribution in [0.25, 0.3) is 0 Å². The van der Waals surface area contributed by atoms with Gasteiger partial charge >= 0.3 is 0 Å². The first-order valence-corrected chi connectivity index (χ1v) is 8.44. The van der Waals surface area contributed by atoms with Crippen LogP contribution in [0.1, 0.15) is 23.0 Å². The number of carbonyl (C=O) groups is 1. The molecular weight excluding hydrogens is 329 g/mol. The fourth-order valence-electron chi connectivity index (χ4n) is 2.67. The van der Waals surface area contributed by atoms with Gasteiger partial charge in [0.15, 0.2) is 0 Å². The van der Waals surface area contributed by atoms with Crippen molar-refractivity contribution in [1.29, 1.82) is 0 Å². The Balaban J connectivity index is 1.76. The molecule has 0 radical (unpaired) electrons. The molecule has 0 unspecified atom stereocenters. The number of amides is 1. The van der Waals surface area contributed by atoms with Gasteiger partial charge in [-0.15, -0.1) is 0 Å². The third kappa shape index (κ3) is 4.06. The van der Waals surface area contributed by atoms with E-state index >= 15 is 0 Å². The van der Waals surface area contributed by atoms with Gasteiger partial charge in [0.05, 0.1) is 11.9 Å². The summed E-state index contributed by atoms with van der Waals surface area (Å²) in [7, 11) is 0. The first-order valence-electron chi connectivity index (χ1n) is 8.44. The number of rotatable bonds is 5. The fourth-order valence-corrected chi connectivity index (χ4v) is 2.67. The summed E-state index contributed by atoms with van der Waals surface area (Å²) < 4.78 is 13.0. The second-order valence-electron chi connectivity index (χ2n) is 5.95. The van der Waals surface area contributed by atoms with Crippen molar-refractivity contribution in [3.8, 4) is 0 Å². The molecule has 0 fully saturated rings. The number of aryl methyl sites for hydroxylation is 1. The summed E-state index contributed by atoms with van der Waals surface area (Å²) in [6.45, 7) is 4.49. The minimum Gasteiger partial charge on any atom is -0.354 e. The molecule has 3 rings (SSSR count). The summed E-state index contributed by atoms with van der Waals surface area (Å²) in [6.07, 6.45) is 1.60. The lowest BCUT2D eigenvalue weighted by atomic mass is 10.2. The van der Waals surface area contributed by atoms with Gasteiger partial charge in [-0.05, 0) is 67.9 Å². The van der Waals surface area contributed by atoms with Gasteiger partial charge in [0.2, 0.25) is 0 Å². The molecular formula is C21H20FN3O. The minimum atomic E-state index is -0.287. The third-order valence-electron chi connectivity index (χ3n) is 3.99. The van der Waals surface area contributed by atoms with Crippen molar-refractivity contribution in [2.45, 2.75) is 13.8 Å². The topological polar surface area (TPSA) is 45.2 Å². The largest absolute Gasteiger partial charge is 0.354 e. The molecule has 0 aliphatic rings. The molecule has 4 nitrogen and oxygen atoms in total. The van der Waals surface area contributed by atoms with E-state index in [1.807, 2.05) is 38.1 Å². The van der Waals surface area contributed by atoms with Crippen molar-refractivity contribution in [3.63, 3.8) is 0 Å². The van der Waals surface area contributed by atoms with Crippen molar-refractivity contribution < 1.29 is 9.18 Å². The Labute approximate surface area is 152 Å². The molecule has 0 saturated carbocycles. The number of pyridine rings is 1. The van der Waals surface area contributed by atoms with Crippen molar-refractivity contribution in [2.24, 2.45) is 0 Å². The monoisotopic (exact) mass is 349 g/mol. The van der Waals surface area contributed by atoms with Gasteiger partial charge in [-0.3, -0.25) is 4.79 Å². The molecule has 3 aromatic rings. The summed E-state index contributed by atoms with van der Waals surface area (Å²) >= 11 is 0. The van der Waals surface area contributed by atoms with Crippen molar-refractivity contribution in [3.05, 3.63) is 83.9 Å². The van der Waals surface area contributed by atoms with Crippen molar-refractivity contribution in [2.75, 3.05) is 16.8 Å². The zero-order chi connectivity index (χ0) is 18.5. The molecule has 5 heteroatoms. The van der Waals surface area contributed by atoms with E-state index in [9.17, 15) is 9.18 Å². The maximum absolute atomic E-state index is 13.0. The molecule has 2 aromatic carbocycles. The number of nitrogens with one attached hydrogen (secondary N) is 1. The Kier molecular flexibility index (Phi) is 5.27. The summed E-state index contributed by atoms with van der Waals surface area (Å²) in [5.41, 5.74) is 3.81. The Morgan fingerprint density at radius 2 is 1.81 bits per heavy atom. The van der Waals surface area contributed by atoms with E-state index in [1.165, 1.54) is 12.1 Å². The van der Waals surface area contributed by atoms with E-state index in [1.54, 1.807) is 35.4 Å². The lowest BCUT2D eigenvalue weighted by molar-refractivity contribution is 0.0983. The molecule has 1 aromatic heterocycles. The van der Waals surface area contributed by atoms with Gasteiger partial charge < -0.3 is 10.2 Å². The molecule has 1 N–H and O–H groups in total. The smallest absolute Gasteiger partial charge is 0.276 e. The molecule has 1 heterocycles. The van der Waals surface area contributed by atoms with Gasteiger partial charge in [0, 0.05) is 17.9 Å². The van der Waals surface area contributed by atoms with E-state index in [4.69, 9.17) is 0 Å². The highest BCUT2D eigenvalue weighted by molar-refractivity contribution is 6.04. The van der Waals surface area contributed by atoms with Crippen LogP contribution in [0.2, 0.25) is 0 Å². The van der Waals surface area contributed by atoms with Crippen LogP contribution >= 0.6 is 0 Å². The summed E-state index contributed by atoms with van der Waals surface area (Å²) in [4.78, 5) is 18.8. The van der Waals surface area contributed by atoms with Gasteiger partial charge in [-0.1, -0.05) is 12.1 Å². The molecule has 1 amide bonds. The van der Waals surface area contributed by atoms with Crippen LogP contribution < -0.4 is 10.2 Å². The number of hydrogen-bond donors (Lipinski definition) is 1. The predicted molar refractivity (Wildman–Crippen MR) is 102 cm³/mol. The molecule has 0 spiro atoms. The number of anilines is 3. The van der Waals surface area contributed by atoms with Gasteiger partial charge in [0.1, 0.15) is 11.5 Å². The quantitative estimate of drug-likeness (QED) is 0.710. The highest BCUT2D eigenvalue weighted by atomic mass is 19.1. The summed E-state index contributed by atoms with van der Waals surface area (Å²) in [6, 6.07) is 17.4. The molecule has 0 aliphatic carbocycles. The number of benzene rings is 2. The zero-order valence-corrected chi connectivity index (χ0v) is 14.7. The van der Waals surface area contributed by atoms with E-state index in [2.05, 4.69) is 10.3 Å². The number of carbonyl (C=O) groups excluding carboxylic acids is 1. The van der Waals surface area contributed by atoms with E-state index in [0.29, 0.717) is 12.2 Å². The normalized spacial score (nSPS) is 10.4. The number of aromatic nitrogens is 1. The molecule has 0 bridgehead atoms. The first kappa shape index (κ1) is 17.6. The SMILES string of the molecule is CCN(C(=O)c1ccc(Nc2ccc(F)cc2)cn1)c1cccc(C)c1. The van der Waals surface area contributed by atoms with E-state index < -0.39 is 0 Å². The molecule has 132 valence electrons. The minimum absolute atomic E-state index is 0.147. The van der Waals surface area contributed by atoms with E-state index in [0.717, 1.165) is 22.6 Å². The van der Waals surface area contributed by atoms with Crippen LogP contribution in [0.15, 0.2) is 66.9 Å². The third-order valence-corrected chi connectivity index (χ3v) is 3.99. The molecule has 0 saturated heterocycles. The van der Waals surface area contributed by atoms with Crippen LogP contribution in [0.3, 0.4) is 0 Å². The lowest BCUT2D eigenvalue weighted by Crippen LogP contribution is -2.31. The zero-order valence-electron chi connectivity index (χ0n) is 14.7. The van der Waals surface area contributed by atoms with Crippen LogP contribution in [0, 0.1) is 12.7 Å². The summed E-state index contributed by atoms with van der Waals surface area (Å²) in [5.74, 6) is -0.433. The first-order chi connectivity index (χ1) is 12.6. The number of hydrogen-bond acceptors (Lipinski definition) is 3. The van der Waals surface area contributed by atoms with Crippen LogP contribution in [-0.4, -0.2) is 17.4 Å². The highest BCUT2D eigenvalue weighted by Crippen LogP contribution is 2.20. The van der Waals surface area contributed by atoms with E-state index in [-0.39, 0.29) is 11.7 Å². The van der Waals surface area contributed by atoms with Gasteiger partial charge in [-0.25, -0.2) is 9.37 Å². The van der Waals surface area contributed by atoms with Crippen LogP contribution in [0.5, 0.6) is 0 Å². The number of nitrogens with zero attached hydrogens (tertiary/aromatic N) is 2. The standard InChI is InChI=1S/C21H20FN3O/c1-3-25(19-6-4-5-15(2)13-19)21(26)20-12-11-18(14-23-20)24-17-9-7-16(22)8-10-17/h4-14,24H,3H2,1-2H3. The summed E-state index contributed by atoms with van der Waals surface area (Å²) in [5, 5.41) is 3.13. The average Bonchev–Trinajstić information content (AvgIpc) is 2.65.